The van der Waals surface area contributed by atoms with E-state index in [0.29, 0.717) is 5.69 Å². The molecule has 0 saturated heterocycles. The molecule has 0 aliphatic carbocycles. The third kappa shape index (κ3) is 5.79. The lowest BCUT2D eigenvalue weighted by atomic mass is 9.99. The van der Waals surface area contributed by atoms with Gasteiger partial charge in [0.15, 0.2) is 0 Å². The molecular formula is C20H25FN4O2. The first-order chi connectivity index (χ1) is 12.8. The van der Waals surface area contributed by atoms with Crippen LogP contribution in [0, 0.1) is 5.82 Å². The van der Waals surface area contributed by atoms with Gasteiger partial charge in [-0.3, -0.25) is 4.79 Å². The van der Waals surface area contributed by atoms with Crippen molar-refractivity contribution >= 4 is 23.3 Å². The molecule has 3 amide bonds. The summed E-state index contributed by atoms with van der Waals surface area (Å²) in [6.45, 7) is 3.21. The topological polar surface area (TPSA) is 73.5 Å². The van der Waals surface area contributed by atoms with Crippen molar-refractivity contribution < 1.29 is 14.0 Å². The Labute approximate surface area is 158 Å². The van der Waals surface area contributed by atoms with Crippen LogP contribution in [0.2, 0.25) is 0 Å². The van der Waals surface area contributed by atoms with Gasteiger partial charge >= 0.3 is 6.03 Å². The molecule has 2 atom stereocenters. The van der Waals surface area contributed by atoms with E-state index in [0.717, 1.165) is 5.56 Å². The van der Waals surface area contributed by atoms with E-state index in [4.69, 9.17) is 0 Å². The van der Waals surface area contributed by atoms with E-state index in [1.165, 1.54) is 25.1 Å². The van der Waals surface area contributed by atoms with Gasteiger partial charge in [0, 0.05) is 18.7 Å². The lowest BCUT2D eigenvalue weighted by Gasteiger charge is -2.31. The van der Waals surface area contributed by atoms with Gasteiger partial charge in [-0.25, -0.2) is 9.18 Å². The standard InChI is InChI=1S/C20H25FN4O2/c1-13(19(25(3)4)15-8-6-5-7-9-15)22-20(27)24-16-10-11-17(21)18(12-16)23-14(2)26/h5-13,19H,1-4H3,(H,23,26)(H2,22,24,27)/t13-,19+/m0/s1. The number of hydrogen-bond acceptors (Lipinski definition) is 3. The number of carbonyl (C=O) groups is 2. The molecule has 0 saturated carbocycles. The molecule has 7 heteroatoms. The van der Waals surface area contributed by atoms with Crippen LogP contribution in [-0.4, -0.2) is 37.0 Å². The minimum atomic E-state index is -0.568. The number of carbonyl (C=O) groups excluding carboxylic acids is 2. The van der Waals surface area contributed by atoms with Crippen LogP contribution in [-0.2, 0) is 4.79 Å². The van der Waals surface area contributed by atoms with Crippen molar-refractivity contribution in [2.75, 3.05) is 24.7 Å². The highest BCUT2D eigenvalue weighted by Gasteiger charge is 2.23. The molecule has 0 aliphatic heterocycles. The molecule has 0 spiro atoms. The molecule has 144 valence electrons. The number of hydrogen-bond donors (Lipinski definition) is 3. The number of urea groups is 1. The maximum atomic E-state index is 13.7. The summed E-state index contributed by atoms with van der Waals surface area (Å²) >= 11 is 0. The first-order valence-corrected chi connectivity index (χ1v) is 8.64. The molecule has 0 unspecified atom stereocenters. The zero-order valence-electron chi connectivity index (χ0n) is 15.9. The Hall–Kier alpha value is -2.93. The Balaban J connectivity index is 2.07. The van der Waals surface area contributed by atoms with E-state index in [2.05, 4.69) is 16.0 Å². The van der Waals surface area contributed by atoms with Gasteiger partial charge in [-0.15, -0.1) is 0 Å². The molecule has 2 aromatic carbocycles. The average Bonchev–Trinajstić information content (AvgIpc) is 2.58. The number of amides is 3. The van der Waals surface area contributed by atoms with Crippen molar-refractivity contribution in [3.05, 3.63) is 59.9 Å². The Morgan fingerprint density at radius 3 is 2.30 bits per heavy atom. The van der Waals surface area contributed by atoms with Crippen molar-refractivity contribution in [3.8, 4) is 0 Å². The smallest absolute Gasteiger partial charge is 0.319 e. The third-order valence-corrected chi connectivity index (χ3v) is 4.06. The van der Waals surface area contributed by atoms with E-state index in [-0.39, 0.29) is 23.7 Å². The number of nitrogens with one attached hydrogen (secondary N) is 3. The van der Waals surface area contributed by atoms with Gasteiger partial charge < -0.3 is 20.9 Å². The second kappa shape index (κ2) is 9.14. The minimum Gasteiger partial charge on any atom is -0.333 e. The molecule has 0 fully saturated rings. The van der Waals surface area contributed by atoms with Crippen molar-refractivity contribution in [2.45, 2.75) is 25.9 Å². The molecular weight excluding hydrogens is 347 g/mol. The predicted octanol–water partition coefficient (Wildman–Crippen LogP) is 3.60. The van der Waals surface area contributed by atoms with E-state index in [9.17, 15) is 14.0 Å². The fourth-order valence-corrected chi connectivity index (χ4v) is 3.03. The molecule has 0 aromatic heterocycles. The van der Waals surface area contributed by atoms with E-state index in [1.807, 2.05) is 56.3 Å². The van der Waals surface area contributed by atoms with E-state index >= 15 is 0 Å². The van der Waals surface area contributed by atoms with E-state index < -0.39 is 11.8 Å². The lowest BCUT2D eigenvalue weighted by Crippen LogP contribution is -2.44. The second-order valence-corrected chi connectivity index (χ2v) is 6.58. The number of nitrogens with zero attached hydrogens (tertiary/aromatic N) is 1. The van der Waals surface area contributed by atoms with Gasteiger partial charge in [0.2, 0.25) is 5.91 Å². The second-order valence-electron chi connectivity index (χ2n) is 6.58. The third-order valence-electron chi connectivity index (χ3n) is 4.06. The first kappa shape index (κ1) is 20.4. The Morgan fingerprint density at radius 1 is 1.04 bits per heavy atom. The Kier molecular flexibility index (Phi) is 6.90. The molecule has 2 aromatic rings. The van der Waals surface area contributed by atoms with Crippen LogP contribution >= 0.6 is 0 Å². The fraction of sp³-hybridized carbons (Fsp3) is 0.300. The molecule has 6 nitrogen and oxygen atoms in total. The zero-order valence-corrected chi connectivity index (χ0v) is 15.9. The van der Waals surface area contributed by atoms with Gasteiger partial charge in [0.05, 0.1) is 11.7 Å². The number of anilines is 2. The zero-order chi connectivity index (χ0) is 20.0. The highest BCUT2D eigenvalue weighted by molar-refractivity contribution is 5.92. The van der Waals surface area contributed by atoms with Gasteiger partial charge in [-0.1, -0.05) is 30.3 Å². The molecule has 27 heavy (non-hydrogen) atoms. The number of rotatable bonds is 6. The van der Waals surface area contributed by atoms with Crippen LogP contribution in [0.3, 0.4) is 0 Å². The number of benzene rings is 2. The van der Waals surface area contributed by atoms with Gasteiger partial charge in [0.25, 0.3) is 0 Å². The van der Waals surface area contributed by atoms with Crippen molar-refractivity contribution in [3.63, 3.8) is 0 Å². The molecule has 0 radical (unpaired) electrons. The summed E-state index contributed by atoms with van der Waals surface area (Å²) in [7, 11) is 3.90. The maximum absolute atomic E-state index is 13.7. The van der Waals surface area contributed by atoms with Crippen LogP contribution in [0.1, 0.15) is 25.5 Å². The van der Waals surface area contributed by atoms with Crippen LogP contribution in [0.4, 0.5) is 20.6 Å². The van der Waals surface area contributed by atoms with Crippen LogP contribution in [0.25, 0.3) is 0 Å². The minimum absolute atomic E-state index is 0.0138. The van der Waals surface area contributed by atoms with Crippen LogP contribution in [0.5, 0.6) is 0 Å². The summed E-state index contributed by atoms with van der Waals surface area (Å²) in [5.74, 6) is -0.956. The quantitative estimate of drug-likeness (QED) is 0.725. The Bertz CT molecular complexity index is 796. The summed E-state index contributed by atoms with van der Waals surface area (Å²) in [5, 5.41) is 7.97. The number of likely N-dealkylation sites (N-methyl/N-ethyl adjacent to an activating group) is 1. The van der Waals surface area contributed by atoms with Crippen molar-refractivity contribution in [1.29, 1.82) is 0 Å². The number of halogens is 1. The van der Waals surface area contributed by atoms with Crippen molar-refractivity contribution in [1.82, 2.24) is 10.2 Å². The predicted molar refractivity (Wildman–Crippen MR) is 105 cm³/mol. The summed E-state index contributed by atoms with van der Waals surface area (Å²) < 4.78 is 13.7. The van der Waals surface area contributed by atoms with Crippen molar-refractivity contribution in [2.24, 2.45) is 0 Å². The summed E-state index contributed by atoms with van der Waals surface area (Å²) in [6, 6.07) is 13.3. The SMILES string of the molecule is CC(=O)Nc1cc(NC(=O)N[C@@H](C)[C@H](c2ccccc2)N(C)C)ccc1F. The first-order valence-electron chi connectivity index (χ1n) is 8.64. The average molecular weight is 372 g/mol. The highest BCUT2D eigenvalue weighted by Crippen LogP contribution is 2.23. The molecule has 0 heterocycles. The summed E-state index contributed by atoms with van der Waals surface area (Å²) in [6.07, 6.45) is 0. The molecule has 2 rings (SSSR count). The fourth-order valence-electron chi connectivity index (χ4n) is 3.03. The molecule has 0 bridgehead atoms. The summed E-state index contributed by atoms with van der Waals surface area (Å²) in [4.78, 5) is 25.5. The normalized spacial score (nSPS) is 13.0. The van der Waals surface area contributed by atoms with Gasteiger partial charge in [0.1, 0.15) is 5.82 Å². The van der Waals surface area contributed by atoms with Gasteiger partial charge in [-0.05, 0) is 44.8 Å². The van der Waals surface area contributed by atoms with E-state index in [1.54, 1.807) is 0 Å². The lowest BCUT2D eigenvalue weighted by molar-refractivity contribution is -0.114. The molecule has 3 N–H and O–H groups in total. The maximum Gasteiger partial charge on any atom is 0.319 e. The highest BCUT2D eigenvalue weighted by atomic mass is 19.1. The van der Waals surface area contributed by atoms with Crippen LogP contribution < -0.4 is 16.0 Å². The Morgan fingerprint density at radius 2 is 1.70 bits per heavy atom. The van der Waals surface area contributed by atoms with Crippen LogP contribution in [0.15, 0.2) is 48.5 Å². The summed E-state index contributed by atoms with van der Waals surface area (Å²) in [5.41, 5.74) is 1.49. The molecule has 0 aliphatic rings. The largest absolute Gasteiger partial charge is 0.333 e. The monoisotopic (exact) mass is 372 g/mol. The van der Waals surface area contributed by atoms with Gasteiger partial charge in [-0.2, -0.15) is 0 Å².